The maximum Gasteiger partial charge on any atom is 0.416 e. The largest absolute Gasteiger partial charge is 0.416 e. The minimum Gasteiger partial charge on any atom is -0.318 e. The highest BCUT2D eigenvalue weighted by Gasteiger charge is 2.31. The number of Topliss-reactive ketones (excluding diaryl/α,β-unsaturated/α-hetero) is 1. The SMILES string of the molecule is Cc1cc(/C=C2/Sc3ccccc3C2=O)c(C)n1-c1cccc(C(F)(F)F)c1. The number of rotatable bonds is 2. The molecule has 1 aliphatic heterocycles. The Hall–Kier alpha value is -2.73. The third-order valence-electron chi connectivity index (χ3n) is 4.76. The van der Waals surface area contributed by atoms with Gasteiger partial charge in [-0.25, -0.2) is 0 Å². The Labute approximate surface area is 164 Å². The Bertz CT molecular complexity index is 1130. The fraction of sp³-hybridized carbons (Fsp3) is 0.136. The minimum absolute atomic E-state index is 0.0236. The van der Waals surface area contributed by atoms with Gasteiger partial charge in [0, 0.05) is 27.5 Å². The molecule has 2 nitrogen and oxygen atoms in total. The van der Waals surface area contributed by atoms with E-state index in [1.54, 1.807) is 16.7 Å². The lowest BCUT2D eigenvalue weighted by molar-refractivity contribution is -0.137. The highest BCUT2D eigenvalue weighted by molar-refractivity contribution is 8.04. The number of alkyl halides is 3. The summed E-state index contributed by atoms with van der Waals surface area (Å²) in [5.41, 5.74) is 2.85. The van der Waals surface area contributed by atoms with Crippen molar-refractivity contribution in [3.63, 3.8) is 0 Å². The molecule has 0 aliphatic carbocycles. The van der Waals surface area contributed by atoms with Crippen LogP contribution >= 0.6 is 11.8 Å². The predicted octanol–water partition coefficient (Wildman–Crippen LogP) is 6.44. The van der Waals surface area contributed by atoms with E-state index in [1.807, 2.05) is 44.2 Å². The Balaban J connectivity index is 1.75. The molecule has 0 bridgehead atoms. The standard InChI is InChI=1S/C22H16F3NOS/c1-13-10-15(11-20-21(27)18-8-3-4-9-19(18)28-20)14(2)26(13)17-7-5-6-16(12-17)22(23,24)25/h3-12H,1-2H3/b20-11+. The van der Waals surface area contributed by atoms with Gasteiger partial charge in [-0.3, -0.25) is 4.79 Å². The predicted molar refractivity (Wildman–Crippen MR) is 105 cm³/mol. The first-order chi connectivity index (χ1) is 13.3. The molecule has 0 radical (unpaired) electrons. The summed E-state index contributed by atoms with van der Waals surface area (Å²) in [7, 11) is 0. The van der Waals surface area contributed by atoms with Crippen molar-refractivity contribution in [2.75, 3.05) is 0 Å². The maximum absolute atomic E-state index is 13.1. The Morgan fingerprint density at radius 1 is 1.00 bits per heavy atom. The molecule has 0 unspecified atom stereocenters. The molecule has 28 heavy (non-hydrogen) atoms. The number of carbonyl (C=O) groups excluding carboxylic acids is 1. The van der Waals surface area contributed by atoms with E-state index in [1.165, 1.54) is 17.8 Å². The number of carbonyl (C=O) groups is 1. The van der Waals surface area contributed by atoms with E-state index in [0.29, 0.717) is 16.2 Å². The van der Waals surface area contributed by atoms with E-state index in [-0.39, 0.29) is 5.78 Å². The number of nitrogens with zero attached hydrogens (tertiary/aromatic N) is 1. The van der Waals surface area contributed by atoms with Crippen LogP contribution in [0.2, 0.25) is 0 Å². The fourth-order valence-corrected chi connectivity index (χ4v) is 4.47. The van der Waals surface area contributed by atoms with Gasteiger partial charge in [0.15, 0.2) is 0 Å². The number of allylic oxidation sites excluding steroid dienone is 1. The summed E-state index contributed by atoms with van der Waals surface area (Å²) in [6.07, 6.45) is -2.58. The molecule has 0 saturated carbocycles. The molecule has 4 rings (SSSR count). The summed E-state index contributed by atoms with van der Waals surface area (Å²) in [5, 5.41) is 0. The molecule has 142 valence electrons. The van der Waals surface area contributed by atoms with E-state index in [0.717, 1.165) is 34.0 Å². The second kappa shape index (κ2) is 6.71. The summed E-state index contributed by atoms with van der Waals surface area (Å²) in [5.74, 6) is -0.0236. The van der Waals surface area contributed by atoms with Gasteiger partial charge in [-0.1, -0.05) is 30.0 Å². The van der Waals surface area contributed by atoms with Gasteiger partial charge in [0.25, 0.3) is 0 Å². The van der Waals surface area contributed by atoms with Crippen molar-refractivity contribution in [2.45, 2.75) is 24.9 Å². The van der Waals surface area contributed by atoms with E-state index in [4.69, 9.17) is 0 Å². The zero-order valence-corrected chi connectivity index (χ0v) is 16.0. The van der Waals surface area contributed by atoms with Crippen LogP contribution in [-0.2, 0) is 6.18 Å². The lowest BCUT2D eigenvalue weighted by Gasteiger charge is -2.13. The Morgan fingerprint density at radius 3 is 2.46 bits per heavy atom. The number of hydrogen-bond donors (Lipinski definition) is 0. The van der Waals surface area contributed by atoms with Crippen LogP contribution in [0.15, 0.2) is 64.4 Å². The number of benzene rings is 2. The maximum atomic E-state index is 13.1. The first-order valence-corrected chi connectivity index (χ1v) is 9.47. The first kappa shape index (κ1) is 18.6. The van der Waals surface area contributed by atoms with Gasteiger partial charge in [-0.15, -0.1) is 0 Å². The number of ketones is 1. The number of halogens is 3. The van der Waals surface area contributed by atoms with Crippen molar-refractivity contribution < 1.29 is 18.0 Å². The van der Waals surface area contributed by atoms with E-state index < -0.39 is 11.7 Å². The summed E-state index contributed by atoms with van der Waals surface area (Å²) >= 11 is 1.42. The lowest BCUT2D eigenvalue weighted by atomic mass is 10.1. The van der Waals surface area contributed by atoms with Crippen LogP contribution in [0.25, 0.3) is 11.8 Å². The molecule has 3 aromatic rings. The second-order valence-electron chi connectivity index (χ2n) is 6.65. The van der Waals surface area contributed by atoms with Crippen molar-refractivity contribution >= 4 is 23.6 Å². The Kier molecular flexibility index (Phi) is 4.46. The van der Waals surface area contributed by atoms with Gasteiger partial charge in [-0.2, -0.15) is 13.2 Å². The average Bonchev–Trinajstić information content (AvgIpc) is 3.11. The van der Waals surface area contributed by atoms with Crippen molar-refractivity contribution in [1.82, 2.24) is 4.57 Å². The first-order valence-electron chi connectivity index (χ1n) is 8.65. The van der Waals surface area contributed by atoms with Gasteiger partial charge < -0.3 is 4.57 Å². The monoisotopic (exact) mass is 399 g/mol. The fourth-order valence-electron chi connectivity index (χ4n) is 3.43. The average molecular weight is 399 g/mol. The van der Waals surface area contributed by atoms with Crippen molar-refractivity contribution in [3.05, 3.63) is 87.6 Å². The van der Waals surface area contributed by atoms with Crippen molar-refractivity contribution in [2.24, 2.45) is 0 Å². The third-order valence-corrected chi connectivity index (χ3v) is 5.86. The van der Waals surface area contributed by atoms with Gasteiger partial charge in [0.1, 0.15) is 0 Å². The number of fused-ring (bicyclic) bond motifs is 1. The molecule has 0 spiro atoms. The molecule has 2 aromatic carbocycles. The van der Waals surface area contributed by atoms with Crippen molar-refractivity contribution in [1.29, 1.82) is 0 Å². The van der Waals surface area contributed by atoms with E-state index >= 15 is 0 Å². The molecule has 0 atom stereocenters. The molecule has 0 saturated heterocycles. The van der Waals surface area contributed by atoms with Crippen LogP contribution in [0.1, 0.15) is 32.9 Å². The van der Waals surface area contributed by atoms with Gasteiger partial charge >= 0.3 is 6.18 Å². The topological polar surface area (TPSA) is 22.0 Å². The van der Waals surface area contributed by atoms with Gasteiger partial charge in [0.05, 0.1) is 10.5 Å². The number of aryl methyl sites for hydroxylation is 1. The third kappa shape index (κ3) is 3.18. The molecule has 0 fully saturated rings. The Morgan fingerprint density at radius 2 is 1.75 bits per heavy atom. The highest BCUT2D eigenvalue weighted by Crippen LogP contribution is 2.41. The van der Waals surface area contributed by atoms with Crippen molar-refractivity contribution in [3.8, 4) is 5.69 Å². The molecular weight excluding hydrogens is 383 g/mol. The summed E-state index contributed by atoms with van der Waals surface area (Å²) in [6.45, 7) is 3.69. The normalized spacial score (nSPS) is 15.3. The zero-order chi connectivity index (χ0) is 20.1. The molecule has 2 heterocycles. The molecule has 0 amide bonds. The molecule has 1 aromatic heterocycles. The highest BCUT2D eigenvalue weighted by atomic mass is 32.2. The summed E-state index contributed by atoms with van der Waals surface area (Å²) in [6, 6.07) is 14.6. The smallest absolute Gasteiger partial charge is 0.318 e. The van der Waals surface area contributed by atoms with Crippen LogP contribution in [-0.4, -0.2) is 10.4 Å². The van der Waals surface area contributed by atoms with Gasteiger partial charge in [-0.05, 0) is 61.9 Å². The number of aromatic nitrogens is 1. The van der Waals surface area contributed by atoms with E-state index in [9.17, 15) is 18.0 Å². The van der Waals surface area contributed by atoms with Crippen LogP contribution in [0.3, 0.4) is 0 Å². The molecule has 0 N–H and O–H groups in total. The van der Waals surface area contributed by atoms with E-state index in [2.05, 4.69) is 0 Å². The second-order valence-corrected chi connectivity index (χ2v) is 7.73. The number of thioether (sulfide) groups is 1. The molecular formula is C22H16F3NOS. The van der Waals surface area contributed by atoms with Crippen LogP contribution in [0, 0.1) is 13.8 Å². The zero-order valence-electron chi connectivity index (χ0n) is 15.2. The summed E-state index contributed by atoms with van der Waals surface area (Å²) in [4.78, 5) is 14.1. The van der Waals surface area contributed by atoms with Crippen LogP contribution in [0.5, 0.6) is 0 Å². The summed E-state index contributed by atoms with van der Waals surface area (Å²) < 4.78 is 41.0. The molecule has 6 heteroatoms. The quantitative estimate of drug-likeness (QED) is 0.463. The lowest BCUT2D eigenvalue weighted by Crippen LogP contribution is -2.07. The number of hydrogen-bond acceptors (Lipinski definition) is 2. The van der Waals surface area contributed by atoms with Crippen LogP contribution < -0.4 is 0 Å². The minimum atomic E-state index is -4.39. The molecule has 1 aliphatic rings. The van der Waals surface area contributed by atoms with Gasteiger partial charge in [0.2, 0.25) is 5.78 Å². The van der Waals surface area contributed by atoms with Crippen LogP contribution in [0.4, 0.5) is 13.2 Å².